The van der Waals surface area contributed by atoms with Crippen molar-refractivity contribution in [2.24, 2.45) is 0 Å². The highest BCUT2D eigenvalue weighted by Crippen LogP contribution is 2.40. The van der Waals surface area contributed by atoms with Crippen molar-refractivity contribution in [3.05, 3.63) is 0 Å². The zero-order valence-corrected chi connectivity index (χ0v) is 11.8. The fraction of sp³-hybridized carbons (Fsp3) is 1.00. The van der Waals surface area contributed by atoms with Crippen LogP contribution in [0.25, 0.3) is 0 Å². The van der Waals surface area contributed by atoms with Gasteiger partial charge >= 0.3 is 0 Å². The van der Waals surface area contributed by atoms with E-state index < -0.39 is 16.6 Å². The van der Waals surface area contributed by atoms with Crippen LogP contribution in [0.2, 0.25) is 38.3 Å². The standard InChI is InChI=1S/C10H24OSi2/c1-12(2,3)11-13(4,5)10-8-6-7-9-10/h10H,6-9H2,1-5H3. The second-order valence-electron chi connectivity index (χ2n) is 5.80. The quantitative estimate of drug-likeness (QED) is 0.648. The maximum Gasteiger partial charge on any atom is 0.176 e. The molecule has 3 heteroatoms. The molecule has 1 aliphatic carbocycles. The van der Waals surface area contributed by atoms with Gasteiger partial charge in [0.05, 0.1) is 0 Å². The molecule has 1 nitrogen and oxygen atoms in total. The lowest BCUT2D eigenvalue weighted by Gasteiger charge is -2.36. The number of rotatable bonds is 3. The van der Waals surface area contributed by atoms with Crippen molar-refractivity contribution in [3.63, 3.8) is 0 Å². The smallest absolute Gasteiger partial charge is 0.176 e. The Morgan fingerprint density at radius 1 is 0.923 bits per heavy atom. The SMILES string of the molecule is C[Si](C)(C)O[Si](C)(C)C1CCCC1. The molecule has 0 bridgehead atoms. The Kier molecular flexibility index (Phi) is 3.41. The molecule has 1 aliphatic rings. The third-order valence-electron chi connectivity index (χ3n) is 2.91. The monoisotopic (exact) mass is 216 g/mol. The zero-order valence-electron chi connectivity index (χ0n) is 9.81. The van der Waals surface area contributed by atoms with E-state index in [1.165, 1.54) is 25.7 Å². The van der Waals surface area contributed by atoms with Gasteiger partial charge in [-0.3, -0.25) is 0 Å². The van der Waals surface area contributed by atoms with Gasteiger partial charge < -0.3 is 4.12 Å². The molecule has 0 aromatic rings. The van der Waals surface area contributed by atoms with Gasteiger partial charge in [-0.15, -0.1) is 0 Å². The summed E-state index contributed by atoms with van der Waals surface area (Å²) in [6.45, 7) is 11.8. The van der Waals surface area contributed by atoms with E-state index in [0.29, 0.717) is 0 Å². The van der Waals surface area contributed by atoms with Crippen LogP contribution in [0.1, 0.15) is 25.7 Å². The second-order valence-corrected chi connectivity index (χ2v) is 14.9. The van der Waals surface area contributed by atoms with E-state index in [9.17, 15) is 0 Å². The molecule has 0 N–H and O–H groups in total. The average Bonchev–Trinajstić information content (AvgIpc) is 2.29. The minimum absolute atomic E-state index is 0.944. The summed E-state index contributed by atoms with van der Waals surface area (Å²) in [5.41, 5.74) is 0.944. The van der Waals surface area contributed by atoms with Gasteiger partial charge in [0.1, 0.15) is 0 Å². The lowest BCUT2D eigenvalue weighted by Crippen LogP contribution is -2.45. The maximum atomic E-state index is 6.39. The second kappa shape index (κ2) is 3.87. The first kappa shape index (κ1) is 11.5. The first-order chi connectivity index (χ1) is 5.81. The summed E-state index contributed by atoms with van der Waals surface area (Å²) in [5, 5.41) is 0. The Morgan fingerprint density at radius 3 is 1.77 bits per heavy atom. The van der Waals surface area contributed by atoms with Gasteiger partial charge in [-0.05, 0) is 38.3 Å². The minimum Gasteiger partial charge on any atom is -0.456 e. The lowest BCUT2D eigenvalue weighted by atomic mass is 10.4. The Morgan fingerprint density at radius 2 is 1.38 bits per heavy atom. The van der Waals surface area contributed by atoms with Gasteiger partial charge in [0.15, 0.2) is 16.6 Å². The molecule has 0 spiro atoms. The van der Waals surface area contributed by atoms with Crippen molar-refractivity contribution in [2.45, 2.75) is 64.0 Å². The number of hydrogen-bond acceptors (Lipinski definition) is 1. The number of hydrogen-bond donors (Lipinski definition) is 0. The molecule has 13 heavy (non-hydrogen) atoms. The summed E-state index contributed by atoms with van der Waals surface area (Å²) in [6.07, 6.45) is 5.75. The molecule has 0 aromatic heterocycles. The molecule has 1 rings (SSSR count). The molecule has 0 unspecified atom stereocenters. The molecular weight excluding hydrogens is 192 g/mol. The fourth-order valence-electron chi connectivity index (χ4n) is 2.49. The average molecular weight is 216 g/mol. The highest BCUT2D eigenvalue weighted by atomic mass is 28.4. The Hall–Kier alpha value is 0.394. The van der Waals surface area contributed by atoms with E-state index in [0.717, 1.165) is 5.54 Å². The topological polar surface area (TPSA) is 9.23 Å². The van der Waals surface area contributed by atoms with Gasteiger partial charge in [-0.25, -0.2) is 0 Å². The van der Waals surface area contributed by atoms with Crippen molar-refractivity contribution in [1.29, 1.82) is 0 Å². The van der Waals surface area contributed by atoms with Gasteiger partial charge in [0, 0.05) is 0 Å². The van der Waals surface area contributed by atoms with Gasteiger partial charge in [0.2, 0.25) is 0 Å². The summed E-state index contributed by atoms with van der Waals surface area (Å²) in [5.74, 6) is 0. The Labute approximate surface area is 85.1 Å². The van der Waals surface area contributed by atoms with E-state index in [4.69, 9.17) is 4.12 Å². The molecule has 0 aromatic carbocycles. The minimum atomic E-state index is -1.34. The molecule has 0 aliphatic heterocycles. The van der Waals surface area contributed by atoms with Crippen LogP contribution in [0.3, 0.4) is 0 Å². The van der Waals surface area contributed by atoms with Crippen LogP contribution in [0.4, 0.5) is 0 Å². The van der Waals surface area contributed by atoms with Crippen LogP contribution in [0.15, 0.2) is 0 Å². The normalized spacial score (nSPS) is 21.0. The summed E-state index contributed by atoms with van der Waals surface area (Å²) >= 11 is 0. The molecule has 1 fully saturated rings. The van der Waals surface area contributed by atoms with Crippen molar-refractivity contribution in [1.82, 2.24) is 0 Å². The fourth-order valence-corrected chi connectivity index (χ4v) is 11.3. The summed E-state index contributed by atoms with van der Waals surface area (Å²) in [7, 11) is -2.64. The van der Waals surface area contributed by atoms with E-state index >= 15 is 0 Å². The summed E-state index contributed by atoms with van der Waals surface area (Å²) in [4.78, 5) is 0. The Balaban J connectivity index is 2.53. The summed E-state index contributed by atoms with van der Waals surface area (Å²) in [6, 6.07) is 0. The van der Waals surface area contributed by atoms with Crippen LogP contribution in [-0.2, 0) is 4.12 Å². The molecule has 0 amide bonds. The van der Waals surface area contributed by atoms with Crippen molar-refractivity contribution in [3.8, 4) is 0 Å². The molecule has 1 saturated carbocycles. The van der Waals surface area contributed by atoms with Gasteiger partial charge in [-0.2, -0.15) is 0 Å². The molecule has 78 valence electrons. The lowest BCUT2D eigenvalue weighted by molar-refractivity contribution is 0.521. The predicted molar refractivity (Wildman–Crippen MR) is 64.1 cm³/mol. The highest BCUT2D eigenvalue weighted by molar-refractivity contribution is 6.85. The van der Waals surface area contributed by atoms with Crippen molar-refractivity contribution in [2.75, 3.05) is 0 Å². The highest BCUT2D eigenvalue weighted by Gasteiger charge is 2.38. The molecule has 0 heterocycles. The Bertz CT molecular complexity index is 166. The molecule has 0 radical (unpaired) electrons. The zero-order chi connectivity index (χ0) is 10.1. The van der Waals surface area contributed by atoms with E-state index in [1.54, 1.807) is 0 Å². The van der Waals surface area contributed by atoms with Gasteiger partial charge in [-0.1, -0.05) is 25.7 Å². The molecular formula is C10H24OSi2. The molecule has 0 atom stereocenters. The van der Waals surface area contributed by atoms with Crippen LogP contribution < -0.4 is 0 Å². The van der Waals surface area contributed by atoms with Crippen LogP contribution >= 0.6 is 0 Å². The van der Waals surface area contributed by atoms with E-state index in [-0.39, 0.29) is 0 Å². The van der Waals surface area contributed by atoms with E-state index in [2.05, 4.69) is 32.7 Å². The van der Waals surface area contributed by atoms with E-state index in [1.807, 2.05) is 0 Å². The first-order valence-electron chi connectivity index (χ1n) is 5.51. The third-order valence-corrected chi connectivity index (χ3v) is 10.0. The third kappa shape index (κ3) is 3.56. The van der Waals surface area contributed by atoms with Gasteiger partial charge in [0.25, 0.3) is 0 Å². The van der Waals surface area contributed by atoms with Crippen molar-refractivity contribution < 1.29 is 4.12 Å². The first-order valence-corrected chi connectivity index (χ1v) is 11.9. The van der Waals surface area contributed by atoms with Crippen LogP contribution in [-0.4, -0.2) is 16.6 Å². The predicted octanol–water partition coefficient (Wildman–Crippen LogP) is 3.99. The largest absolute Gasteiger partial charge is 0.456 e. The maximum absolute atomic E-state index is 6.39. The summed E-state index contributed by atoms with van der Waals surface area (Å²) < 4.78 is 6.39. The van der Waals surface area contributed by atoms with Crippen molar-refractivity contribution >= 4 is 16.6 Å². The van der Waals surface area contributed by atoms with Crippen LogP contribution in [0.5, 0.6) is 0 Å². The molecule has 0 saturated heterocycles. The van der Waals surface area contributed by atoms with Crippen LogP contribution in [0, 0.1) is 0 Å².